The van der Waals surface area contributed by atoms with Gasteiger partial charge in [0.05, 0.1) is 0 Å². The lowest BCUT2D eigenvalue weighted by molar-refractivity contribution is 0.331. The minimum absolute atomic E-state index is 0.750. The molecular formula is C11H21NO. The van der Waals surface area contributed by atoms with E-state index in [2.05, 4.69) is 6.92 Å². The summed E-state index contributed by atoms with van der Waals surface area (Å²) in [6.07, 6.45) is 12.7. The molecule has 1 aliphatic rings. The Labute approximate surface area is 81.6 Å². The Morgan fingerprint density at radius 1 is 1.31 bits per heavy atom. The molecule has 0 bridgehead atoms. The molecule has 0 radical (unpaired) electrons. The summed E-state index contributed by atoms with van der Waals surface area (Å²) >= 11 is 0. The normalized spacial score (nSPS) is 16.9. The summed E-state index contributed by atoms with van der Waals surface area (Å²) < 4.78 is 0. The highest BCUT2D eigenvalue weighted by atomic mass is 16.2. The SMILES string of the molecule is CCCCC1CCCCC1.N#CO. The predicted octanol–water partition coefficient (Wildman–Crippen LogP) is 3.60. The van der Waals surface area contributed by atoms with Crippen molar-refractivity contribution in [3.8, 4) is 6.26 Å². The highest BCUT2D eigenvalue weighted by Crippen LogP contribution is 2.27. The first-order valence-corrected chi connectivity index (χ1v) is 5.38. The number of hydrogen-bond acceptors (Lipinski definition) is 2. The second kappa shape index (κ2) is 9.38. The highest BCUT2D eigenvalue weighted by molar-refractivity contribution is 4.65. The van der Waals surface area contributed by atoms with Crippen molar-refractivity contribution in [1.29, 1.82) is 5.26 Å². The zero-order valence-electron chi connectivity index (χ0n) is 8.63. The van der Waals surface area contributed by atoms with Crippen LogP contribution in [0.3, 0.4) is 0 Å². The number of hydrogen-bond donors (Lipinski definition) is 1. The lowest BCUT2D eigenvalue weighted by Gasteiger charge is -2.20. The number of aliphatic hydroxyl groups is 1. The van der Waals surface area contributed by atoms with Gasteiger partial charge < -0.3 is 5.11 Å². The van der Waals surface area contributed by atoms with Crippen LogP contribution in [-0.4, -0.2) is 5.11 Å². The fourth-order valence-electron chi connectivity index (χ4n) is 1.97. The molecule has 0 heterocycles. The van der Waals surface area contributed by atoms with Gasteiger partial charge in [-0.1, -0.05) is 58.3 Å². The molecule has 1 saturated carbocycles. The summed E-state index contributed by atoms with van der Waals surface area (Å²) in [4.78, 5) is 0. The topological polar surface area (TPSA) is 44.0 Å². The van der Waals surface area contributed by atoms with Crippen LogP contribution in [0.1, 0.15) is 58.3 Å². The molecule has 1 rings (SSSR count). The molecule has 13 heavy (non-hydrogen) atoms. The third-order valence-corrected chi connectivity index (χ3v) is 2.69. The van der Waals surface area contributed by atoms with Crippen LogP contribution in [0.5, 0.6) is 0 Å². The molecule has 0 saturated heterocycles. The van der Waals surface area contributed by atoms with Crippen molar-refractivity contribution in [3.63, 3.8) is 0 Å². The van der Waals surface area contributed by atoms with Gasteiger partial charge in [-0.25, -0.2) is 0 Å². The van der Waals surface area contributed by atoms with Gasteiger partial charge in [-0.15, -0.1) is 0 Å². The van der Waals surface area contributed by atoms with Crippen LogP contribution in [0, 0.1) is 17.4 Å². The third-order valence-electron chi connectivity index (χ3n) is 2.69. The maximum Gasteiger partial charge on any atom is 0.283 e. The van der Waals surface area contributed by atoms with Gasteiger partial charge >= 0.3 is 0 Å². The smallest absolute Gasteiger partial charge is 0.283 e. The molecule has 0 aromatic rings. The van der Waals surface area contributed by atoms with Gasteiger partial charge in [0.25, 0.3) is 6.26 Å². The monoisotopic (exact) mass is 183 g/mol. The van der Waals surface area contributed by atoms with Crippen molar-refractivity contribution in [2.24, 2.45) is 5.92 Å². The van der Waals surface area contributed by atoms with Crippen LogP contribution in [0.4, 0.5) is 0 Å². The molecule has 1 aliphatic carbocycles. The van der Waals surface area contributed by atoms with Crippen molar-refractivity contribution in [2.45, 2.75) is 58.3 Å². The van der Waals surface area contributed by atoms with Crippen LogP contribution in [-0.2, 0) is 0 Å². The van der Waals surface area contributed by atoms with Crippen molar-refractivity contribution < 1.29 is 5.11 Å². The number of rotatable bonds is 3. The van der Waals surface area contributed by atoms with E-state index in [0.717, 1.165) is 12.2 Å². The van der Waals surface area contributed by atoms with Gasteiger partial charge in [0, 0.05) is 0 Å². The Balaban J connectivity index is 0.000000424. The lowest BCUT2D eigenvalue weighted by Crippen LogP contribution is -2.05. The molecule has 2 nitrogen and oxygen atoms in total. The van der Waals surface area contributed by atoms with Gasteiger partial charge in [0.2, 0.25) is 0 Å². The molecule has 2 heteroatoms. The average molecular weight is 183 g/mol. The van der Waals surface area contributed by atoms with Gasteiger partial charge in [-0.05, 0) is 5.92 Å². The first-order chi connectivity index (χ1) is 6.35. The second-order valence-corrected chi connectivity index (χ2v) is 3.75. The van der Waals surface area contributed by atoms with Crippen LogP contribution in [0.25, 0.3) is 0 Å². The molecule has 1 N–H and O–H groups in total. The zero-order valence-corrected chi connectivity index (χ0v) is 8.63. The average Bonchev–Trinajstić information content (AvgIpc) is 2.18. The minimum Gasteiger partial charge on any atom is -0.443 e. The van der Waals surface area contributed by atoms with Crippen LogP contribution >= 0.6 is 0 Å². The van der Waals surface area contributed by atoms with E-state index >= 15 is 0 Å². The fourth-order valence-corrected chi connectivity index (χ4v) is 1.97. The summed E-state index contributed by atoms with van der Waals surface area (Å²) in [7, 11) is 0. The summed E-state index contributed by atoms with van der Waals surface area (Å²) in [6.45, 7) is 2.29. The number of aliphatic hydroxyl groups excluding tert-OH is 1. The Bertz CT molecular complexity index is 134. The van der Waals surface area contributed by atoms with Crippen LogP contribution in [0.15, 0.2) is 0 Å². The maximum atomic E-state index is 6.88. The van der Waals surface area contributed by atoms with E-state index in [0.29, 0.717) is 0 Å². The molecular weight excluding hydrogens is 162 g/mol. The molecule has 1 fully saturated rings. The number of nitriles is 1. The zero-order chi connectivity index (χ0) is 9.94. The standard InChI is InChI=1S/C10H20.CHNO/c1-2-3-7-10-8-5-4-6-9-10;2-1-3/h10H,2-9H2,1H3;3H. The largest absolute Gasteiger partial charge is 0.443 e. The number of nitrogens with zero attached hydrogens (tertiary/aromatic N) is 1. The summed E-state index contributed by atoms with van der Waals surface area (Å²) in [5.41, 5.74) is 0. The van der Waals surface area contributed by atoms with Gasteiger partial charge in [0.15, 0.2) is 0 Å². The van der Waals surface area contributed by atoms with E-state index in [4.69, 9.17) is 10.4 Å². The van der Waals surface area contributed by atoms with E-state index in [1.165, 1.54) is 51.4 Å². The molecule has 0 aliphatic heterocycles. The molecule has 0 atom stereocenters. The van der Waals surface area contributed by atoms with Gasteiger partial charge in [0.1, 0.15) is 0 Å². The number of unbranched alkanes of at least 4 members (excludes halogenated alkanes) is 1. The van der Waals surface area contributed by atoms with Crippen LogP contribution in [0.2, 0.25) is 0 Å². The van der Waals surface area contributed by atoms with Crippen LogP contribution < -0.4 is 0 Å². The van der Waals surface area contributed by atoms with E-state index in [1.807, 2.05) is 0 Å². The quantitative estimate of drug-likeness (QED) is 0.679. The Hall–Kier alpha value is -0.710. The Morgan fingerprint density at radius 3 is 2.31 bits per heavy atom. The van der Waals surface area contributed by atoms with Crippen molar-refractivity contribution in [3.05, 3.63) is 0 Å². The van der Waals surface area contributed by atoms with Gasteiger partial charge in [-0.3, -0.25) is 0 Å². The van der Waals surface area contributed by atoms with E-state index < -0.39 is 0 Å². The molecule has 0 aromatic heterocycles. The Morgan fingerprint density at radius 2 is 1.85 bits per heavy atom. The maximum absolute atomic E-state index is 6.88. The van der Waals surface area contributed by atoms with Crippen molar-refractivity contribution in [1.82, 2.24) is 0 Å². The second-order valence-electron chi connectivity index (χ2n) is 3.75. The summed E-state index contributed by atoms with van der Waals surface area (Å²) in [5.74, 6) is 1.11. The minimum atomic E-state index is 0.750. The molecule has 76 valence electrons. The fraction of sp³-hybridized carbons (Fsp3) is 0.909. The molecule has 0 spiro atoms. The molecule has 0 aromatic carbocycles. The van der Waals surface area contributed by atoms with Gasteiger partial charge in [-0.2, -0.15) is 5.26 Å². The van der Waals surface area contributed by atoms with Crippen molar-refractivity contribution in [2.75, 3.05) is 0 Å². The Kier molecular flexibility index (Phi) is 8.87. The van der Waals surface area contributed by atoms with E-state index in [-0.39, 0.29) is 0 Å². The summed E-state index contributed by atoms with van der Waals surface area (Å²) in [5, 5.41) is 13.8. The van der Waals surface area contributed by atoms with E-state index in [9.17, 15) is 0 Å². The van der Waals surface area contributed by atoms with Crippen molar-refractivity contribution >= 4 is 0 Å². The first-order valence-electron chi connectivity index (χ1n) is 5.38. The molecule has 0 unspecified atom stereocenters. The highest BCUT2D eigenvalue weighted by Gasteiger charge is 2.11. The molecule has 0 amide bonds. The third kappa shape index (κ3) is 7.64. The van der Waals surface area contributed by atoms with E-state index in [1.54, 1.807) is 0 Å². The lowest BCUT2D eigenvalue weighted by atomic mass is 9.86. The summed E-state index contributed by atoms with van der Waals surface area (Å²) in [6, 6.07) is 0. The first kappa shape index (κ1) is 12.3. The predicted molar refractivity (Wildman–Crippen MR) is 53.6 cm³/mol.